The van der Waals surface area contributed by atoms with Crippen LogP contribution in [0.4, 0.5) is 5.69 Å². The van der Waals surface area contributed by atoms with Crippen LogP contribution in [-0.4, -0.2) is 12.4 Å². The smallest absolute Gasteiger partial charge is 0.107 e. The van der Waals surface area contributed by atoms with Gasteiger partial charge in [-0.1, -0.05) is 36.6 Å². The lowest BCUT2D eigenvalue weighted by atomic mass is 9.78. The highest BCUT2D eigenvalue weighted by molar-refractivity contribution is 6.33. The van der Waals surface area contributed by atoms with Crippen molar-refractivity contribution in [2.75, 3.05) is 11.9 Å². The number of benzene rings is 1. The molecule has 0 radical (unpaired) electrons. The normalized spacial score (nSPS) is 21.9. The molecule has 1 heterocycles. The summed E-state index contributed by atoms with van der Waals surface area (Å²) in [6, 6.07) is 7.93. The van der Waals surface area contributed by atoms with E-state index in [-0.39, 0.29) is 0 Å². The van der Waals surface area contributed by atoms with Crippen LogP contribution in [0, 0.1) is 5.41 Å². The largest absolute Gasteiger partial charge is 0.342 e. The molecule has 0 atom stereocenters. The fraction of sp³-hybridized carbons (Fsp3) is 0.533. The molecule has 0 bridgehead atoms. The predicted octanol–water partition coefficient (Wildman–Crippen LogP) is 4.50. The van der Waals surface area contributed by atoms with Crippen LogP contribution in [0.25, 0.3) is 0 Å². The average Bonchev–Trinajstić information content (AvgIpc) is 2.84. The highest BCUT2D eigenvalue weighted by atomic mass is 35.5. The third-order valence-corrected chi connectivity index (χ3v) is 4.60. The van der Waals surface area contributed by atoms with Crippen molar-refractivity contribution in [1.29, 1.82) is 0 Å². The van der Waals surface area contributed by atoms with Gasteiger partial charge in [0.05, 0.1) is 10.7 Å². The zero-order valence-electron chi connectivity index (χ0n) is 10.6. The first-order valence-corrected chi connectivity index (χ1v) is 7.24. The van der Waals surface area contributed by atoms with Crippen molar-refractivity contribution in [3.05, 3.63) is 29.3 Å². The molecule has 3 rings (SSSR count). The first kappa shape index (κ1) is 12.0. The third kappa shape index (κ3) is 2.14. The molecule has 0 amide bonds. The summed E-state index contributed by atoms with van der Waals surface area (Å²) in [5, 5.41) is 4.28. The number of para-hydroxylation sites is 1. The van der Waals surface area contributed by atoms with Crippen LogP contribution in [0.1, 0.15) is 38.5 Å². The lowest BCUT2D eigenvalue weighted by Gasteiger charge is -2.34. The Labute approximate surface area is 113 Å². The standard InChI is InChI=1S/C15H19ClN2/c16-12-6-1-2-7-13(12)18-14-15(8-3-4-9-15)10-5-11-17-14/h1-2,6-7H,3-5,8-11H2,(H,17,18). The Morgan fingerprint density at radius 3 is 2.56 bits per heavy atom. The maximum Gasteiger partial charge on any atom is 0.107 e. The molecule has 18 heavy (non-hydrogen) atoms. The second-order valence-electron chi connectivity index (χ2n) is 5.43. The molecular formula is C15H19ClN2. The summed E-state index contributed by atoms with van der Waals surface area (Å²) in [5.74, 6) is 1.18. The van der Waals surface area contributed by atoms with Gasteiger partial charge in [-0.15, -0.1) is 0 Å². The zero-order valence-corrected chi connectivity index (χ0v) is 11.3. The number of halogens is 1. The van der Waals surface area contributed by atoms with Gasteiger partial charge in [0.1, 0.15) is 5.84 Å². The summed E-state index contributed by atoms with van der Waals surface area (Å²) in [7, 11) is 0. The summed E-state index contributed by atoms with van der Waals surface area (Å²) in [6.45, 7) is 0.953. The molecule has 3 heteroatoms. The van der Waals surface area contributed by atoms with E-state index in [1.54, 1.807) is 0 Å². The van der Waals surface area contributed by atoms with E-state index >= 15 is 0 Å². The molecule has 2 nitrogen and oxygen atoms in total. The highest BCUT2D eigenvalue weighted by Gasteiger charge is 2.40. The van der Waals surface area contributed by atoms with Crippen LogP contribution in [0.5, 0.6) is 0 Å². The molecule has 1 aliphatic heterocycles. The molecular weight excluding hydrogens is 244 g/mol. The minimum Gasteiger partial charge on any atom is -0.342 e. The van der Waals surface area contributed by atoms with E-state index in [0.717, 1.165) is 17.3 Å². The van der Waals surface area contributed by atoms with Crippen LogP contribution < -0.4 is 5.32 Å². The van der Waals surface area contributed by atoms with E-state index in [1.807, 2.05) is 24.3 Å². The first-order chi connectivity index (χ1) is 8.80. The fourth-order valence-electron chi connectivity index (χ4n) is 3.30. The molecule has 0 saturated heterocycles. The number of aliphatic imine (C=N–C) groups is 1. The predicted molar refractivity (Wildman–Crippen MR) is 77.5 cm³/mol. The van der Waals surface area contributed by atoms with Crippen molar-refractivity contribution in [1.82, 2.24) is 0 Å². The Morgan fingerprint density at radius 2 is 1.78 bits per heavy atom. The summed E-state index contributed by atoms with van der Waals surface area (Å²) < 4.78 is 0. The second kappa shape index (κ2) is 4.93. The van der Waals surface area contributed by atoms with Gasteiger partial charge in [0.2, 0.25) is 0 Å². The van der Waals surface area contributed by atoms with Gasteiger partial charge in [-0.05, 0) is 37.8 Å². The topological polar surface area (TPSA) is 24.4 Å². The van der Waals surface area contributed by atoms with E-state index in [0.29, 0.717) is 5.41 Å². The van der Waals surface area contributed by atoms with E-state index in [2.05, 4.69) is 5.32 Å². The van der Waals surface area contributed by atoms with Crippen molar-refractivity contribution < 1.29 is 0 Å². The van der Waals surface area contributed by atoms with Gasteiger partial charge in [0.15, 0.2) is 0 Å². The van der Waals surface area contributed by atoms with Gasteiger partial charge < -0.3 is 5.32 Å². The molecule has 1 spiro atoms. The van der Waals surface area contributed by atoms with Crippen LogP contribution in [-0.2, 0) is 0 Å². The van der Waals surface area contributed by atoms with E-state index in [9.17, 15) is 0 Å². The van der Waals surface area contributed by atoms with Gasteiger partial charge >= 0.3 is 0 Å². The van der Waals surface area contributed by atoms with Gasteiger partial charge in [0, 0.05) is 12.0 Å². The summed E-state index contributed by atoms with van der Waals surface area (Å²) in [5.41, 5.74) is 1.31. The number of nitrogens with zero attached hydrogens (tertiary/aromatic N) is 1. The molecule has 0 aromatic heterocycles. The van der Waals surface area contributed by atoms with E-state index < -0.39 is 0 Å². The maximum atomic E-state index is 6.22. The van der Waals surface area contributed by atoms with E-state index in [4.69, 9.17) is 16.6 Å². The number of hydrogen-bond acceptors (Lipinski definition) is 2. The lowest BCUT2D eigenvalue weighted by molar-refractivity contribution is 0.371. The Kier molecular flexibility index (Phi) is 3.29. The summed E-state index contributed by atoms with van der Waals surface area (Å²) in [6.07, 6.45) is 7.75. The average molecular weight is 263 g/mol. The second-order valence-corrected chi connectivity index (χ2v) is 5.83. The number of anilines is 1. The molecule has 1 N–H and O–H groups in total. The fourth-order valence-corrected chi connectivity index (χ4v) is 3.48. The van der Waals surface area contributed by atoms with Crippen molar-refractivity contribution >= 4 is 23.1 Å². The van der Waals surface area contributed by atoms with Crippen LogP contribution >= 0.6 is 11.6 Å². The van der Waals surface area contributed by atoms with Crippen molar-refractivity contribution in [3.63, 3.8) is 0 Å². The third-order valence-electron chi connectivity index (χ3n) is 4.27. The van der Waals surface area contributed by atoms with Crippen LogP contribution in [0.2, 0.25) is 5.02 Å². The molecule has 96 valence electrons. The minimum absolute atomic E-state index is 0.317. The zero-order chi connectivity index (χ0) is 12.4. The Balaban J connectivity index is 1.86. The number of rotatable bonds is 1. The van der Waals surface area contributed by atoms with E-state index in [1.165, 1.54) is 44.4 Å². The Bertz CT molecular complexity index is 461. The number of amidine groups is 1. The lowest BCUT2D eigenvalue weighted by Crippen LogP contribution is -2.37. The van der Waals surface area contributed by atoms with Crippen LogP contribution in [0.15, 0.2) is 29.3 Å². The van der Waals surface area contributed by atoms with Crippen molar-refractivity contribution in [2.45, 2.75) is 38.5 Å². The van der Waals surface area contributed by atoms with Gasteiger partial charge in [-0.25, -0.2) is 0 Å². The molecule has 1 fully saturated rings. The quantitative estimate of drug-likeness (QED) is 0.792. The van der Waals surface area contributed by atoms with Gasteiger partial charge in [-0.2, -0.15) is 0 Å². The Morgan fingerprint density at radius 1 is 1.06 bits per heavy atom. The minimum atomic E-state index is 0.317. The molecule has 1 aromatic rings. The number of nitrogens with one attached hydrogen (secondary N) is 1. The van der Waals surface area contributed by atoms with Crippen molar-refractivity contribution in [3.8, 4) is 0 Å². The summed E-state index contributed by atoms with van der Waals surface area (Å²) >= 11 is 6.22. The molecule has 1 saturated carbocycles. The summed E-state index contributed by atoms with van der Waals surface area (Å²) in [4.78, 5) is 4.75. The molecule has 1 aliphatic carbocycles. The van der Waals surface area contributed by atoms with Crippen LogP contribution in [0.3, 0.4) is 0 Å². The van der Waals surface area contributed by atoms with Gasteiger partial charge in [-0.3, -0.25) is 4.99 Å². The first-order valence-electron chi connectivity index (χ1n) is 6.87. The Hall–Kier alpha value is -1.02. The monoisotopic (exact) mass is 262 g/mol. The number of hydrogen-bond donors (Lipinski definition) is 1. The molecule has 0 unspecified atom stereocenters. The molecule has 1 aromatic carbocycles. The van der Waals surface area contributed by atoms with Gasteiger partial charge in [0.25, 0.3) is 0 Å². The van der Waals surface area contributed by atoms with Crippen molar-refractivity contribution in [2.24, 2.45) is 10.4 Å². The maximum absolute atomic E-state index is 6.22. The molecule has 2 aliphatic rings. The SMILES string of the molecule is Clc1ccccc1NC1=NCCCC12CCCC2. The highest BCUT2D eigenvalue weighted by Crippen LogP contribution is 2.45.